The van der Waals surface area contributed by atoms with Crippen molar-refractivity contribution in [3.05, 3.63) is 93.3 Å². The number of nitrogens with zero attached hydrogens (tertiary/aromatic N) is 3. The van der Waals surface area contributed by atoms with E-state index < -0.39 is 52.0 Å². The molecule has 3 saturated heterocycles. The number of amides is 5. The Morgan fingerprint density at radius 1 is 0.971 bits per heavy atom. The van der Waals surface area contributed by atoms with Crippen LogP contribution in [0.1, 0.15) is 70.7 Å². The van der Waals surface area contributed by atoms with Gasteiger partial charge in [-0.25, -0.2) is 18.0 Å². The van der Waals surface area contributed by atoms with Crippen molar-refractivity contribution < 1.29 is 56.9 Å². The van der Waals surface area contributed by atoms with E-state index in [9.17, 15) is 47.1 Å². The summed E-state index contributed by atoms with van der Waals surface area (Å²) in [4.78, 5) is 89.8. The number of rotatable bonds is 16. The summed E-state index contributed by atoms with van der Waals surface area (Å²) in [5, 5.41) is 30.5. The van der Waals surface area contributed by atoms with E-state index >= 15 is 0 Å². The molecule has 4 aliphatic heterocycles. The Hall–Kier alpha value is -6.55. The van der Waals surface area contributed by atoms with Crippen molar-refractivity contribution in [1.82, 2.24) is 19.4 Å². The van der Waals surface area contributed by atoms with E-state index in [-0.39, 0.29) is 96.6 Å². The molecule has 1 aromatic heterocycles. The largest absolute Gasteiger partial charge is 0.479 e. The first-order valence-corrected chi connectivity index (χ1v) is 24.5. The standard InChI is InChI=1S/C46H48ClN7O12S2/c1-46(2)18-30(49-29-9-4-7-26(17-29)40-38(47)39(66-23-37(57)58)41(67-40)45(62)63)14-15-54(46)68(64,65)24-25-6-3-8-28(16-25)50-42(59)27-20-52(21-27)36(56)19-48-33-11-5-10-31-32(33)22-53(44(31)61)34-12-13-35(55)51-43(34)60/h3-11,16-17,27,30,34,48-49H,12-15,18-24H2,1-2H3,(H,50,59)(H,57,58)(H,62,63)(H,51,55,60)/t30-,34+/m0/s1. The summed E-state index contributed by atoms with van der Waals surface area (Å²) < 4.78 is 34.7. The summed E-state index contributed by atoms with van der Waals surface area (Å²) in [6.07, 6.45) is 1.31. The molecule has 8 rings (SSSR count). The third-order valence-electron chi connectivity index (χ3n) is 12.4. The monoisotopic (exact) mass is 989 g/mol. The fourth-order valence-electron chi connectivity index (χ4n) is 9.15. The van der Waals surface area contributed by atoms with Crippen LogP contribution in [0.5, 0.6) is 5.75 Å². The number of sulfonamides is 1. The third kappa shape index (κ3) is 10.2. The van der Waals surface area contributed by atoms with E-state index in [0.717, 1.165) is 11.3 Å². The Bertz CT molecular complexity index is 2850. The first kappa shape index (κ1) is 47.9. The number of hydrogen-bond donors (Lipinski definition) is 6. The number of likely N-dealkylation sites (tertiary alicyclic amines) is 1. The Morgan fingerprint density at radius 2 is 1.71 bits per heavy atom. The molecule has 2 atom stereocenters. The molecule has 3 aromatic carbocycles. The van der Waals surface area contributed by atoms with E-state index in [1.54, 1.807) is 65.6 Å². The molecule has 22 heteroatoms. The molecule has 0 unspecified atom stereocenters. The van der Waals surface area contributed by atoms with E-state index in [1.807, 2.05) is 19.9 Å². The molecule has 4 aromatic rings. The van der Waals surface area contributed by atoms with Crippen LogP contribution in [-0.2, 0) is 46.3 Å². The van der Waals surface area contributed by atoms with Crippen molar-refractivity contribution in [1.29, 1.82) is 0 Å². The van der Waals surface area contributed by atoms with E-state index in [4.69, 9.17) is 21.4 Å². The SMILES string of the molecule is CC1(C)C[C@@H](Nc2cccc(-c3sc(C(=O)O)c(OCC(=O)O)c3Cl)c2)CCN1S(=O)(=O)Cc1cccc(NC(=O)C2CN(C(=O)CNc3cccc4c3CN([C@@H]3CCC(=O)NC3=O)C4=O)C2)c1. The van der Waals surface area contributed by atoms with Gasteiger partial charge in [-0.15, -0.1) is 11.3 Å². The maximum absolute atomic E-state index is 14.0. The lowest BCUT2D eigenvalue weighted by atomic mass is 9.89. The van der Waals surface area contributed by atoms with Gasteiger partial charge in [-0.3, -0.25) is 29.3 Å². The van der Waals surface area contributed by atoms with Gasteiger partial charge in [-0.05, 0) is 80.6 Å². The fourth-order valence-corrected chi connectivity index (χ4v) is 12.5. The van der Waals surface area contributed by atoms with E-state index in [2.05, 4.69) is 21.3 Å². The van der Waals surface area contributed by atoms with Crippen molar-refractivity contribution in [3.8, 4) is 16.2 Å². The number of carbonyl (C=O) groups is 7. The molecule has 0 aliphatic carbocycles. The first-order chi connectivity index (χ1) is 32.3. The minimum atomic E-state index is -3.84. The number of benzene rings is 3. The minimum absolute atomic E-state index is 0.0131. The molecule has 68 heavy (non-hydrogen) atoms. The van der Waals surface area contributed by atoms with Gasteiger partial charge in [-0.1, -0.05) is 41.9 Å². The maximum atomic E-state index is 14.0. The van der Waals surface area contributed by atoms with Gasteiger partial charge in [0, 0.05) is 72.4 Å². The van der Waals surface area contributed by atoms with Gasteiger partial charge in [0.1, 0.15) is 11.1 Å². The average molecular weight is 991 g/mol. The number of fused-ring (bicyclic) bond motifs is 1. The van der Waals surface area contributed by atoms with Crippen LogP contribution >= 0.6 is 22.9 Å². The predicted octanol–water partition coefficient (Wildman–Crippen LogP) is 4.69. The van der Waals surface area contributed by atoms with Crippen LogP contribution in [0.25, 0.3) is 10.4 Å². The second-order valence-electron chi connectivity index (χ2n) is 17.7. The highest BCUT2D eigenvalue weighted by molar-refractivity contribution is 7.88. The van der Waals surface area contributed by atoms with Crippen molar-refractivity contribution in [2.24, 2.45) is 5.92 Å². The fraction of sp³-hybridized carbons (Fsp3) is 0.370. The quantitative estimate of drug-likeness (QED) is 0.0834. The number of nitrogens with one attached hydrogen (secondary N) is 4. The Labute approximate surface area is 399 Å². The van der Waals surface area contributed by atoms with Gasteiger partial charge >= 0.3 is 11.9 Å². The molecule has 19 nitrogen and oxygen atoms in total. The summed E-state index contributed by atoms with van der Waals surface area (Å²) in [6.45, 7) is 3.62. The van der Waals surface area contributed by atoms with E-state index in [1.165, 1.54) is 9.21 Å². The molecule has 0 radical (unpaired) electrons. The van der Waals surface area contributed by atoms with Crippen LogP contribution in [0.4, 0.5) is 17.1 Å². The average Bonchev–Trinajstić information content (AvgIpc) is 3.77. The molecule has 0 spiro atoms. The van der Waals surface area contributed by atoms with Gasteiger partial charge in [0.15, 0.2) is 17.2 Å². The third-order valence-corrected chi connectivity index (χ3v) is 16.2. The maximum Gasteiger partial charge on any atom is 0.349 e. The zero-order chi connectivity index (χ0) is 48.7. The van der Waals surface area contributed by atoms with E-state index in [0.29, 0.717) is 57.0 Å². The number of carboxylic acids is 2. The Kier molecular flexibility index (Phi) is 13.5. The molecular formula is C46H48ClN7O12S2. The summed E-state index contributed by atoms with van der Waals surface area (Å²) in [6, 6.07) is 18.0. The number of aliphatic carboxylic acids is 1. The van der Waals surface area contributed by atoms with Crippen molar-refractivity contribution in [2.75, 3.05) is 48.7 Å². The van der Waals surface area contributed by atoms with Gasteiger partial charge in [-0.2, -0.15) is 4.31 Å². The molecule has 6 N–H and O–H groups in total. The molecule has 4 aliphatic rings. The molecule has 5 amide bonds. The summed E-state index contributed by atoms with van der Waals surface area (Å²) in [5.74, 6) is -5.35. The number of thiophene rings is 1. The van der Waals surface area contributed by atoms with Gasteiger partial charge in [0.25, 0.3) is 5.91 Å². The lowest BCUT2D eigenvalue weighted by molar-refractivity contribution is -0.140. The Balaban J connectivity index is 0.816. The van der Waals surface area contributed by atoms with Crippen molar-refractivity contribution in [2.45, 2.75) is 69.5 Å². The molecule has 0 bridgehead atoms. The van der Waals surface area contributed by atoms with Crippen molar-refractivity contribution in [3.63, 3.8) is 0 Å². The predicted molar refractivity (Wildman–Crippen MR) is 251 cm³/mol. The van der Waals surface area contributed by atoms with Crippen LogP contribution in [0.3, 0.4) is 0 Å². The number of carboxylic acid groups (broad SMARTS) is 2. The summed E-state index contributed by atoms with van der Waals surface area (Å²) in [5.41, 5.74) is 3.04. The number of piperidine rings is 2. The van der Waals surface area contributed by atoms with Crippen LogP contribution < -0.4 is 26.0 Å². The molecule has 358 valence electrons. The number of halogens is 1. The first-order valence-electron chi connectivity index (χ1n) is 21.7. The highest BCUT2D eigenvalue weighted by Crippen LogP contribution is 2.46. The van der Waals surface area contributed by atoms with Gasteiger partial charge in [0.2, 0.25) is 33.7 Å². The lowest BCUT2D eigenvalue weighted by Gasteiger charge is -2.45. The minimum Gasteiger partial charge on any atom is -0.479 e. The molecular weight excluding hydrogens is 942 g/mol. The topological polar surface area (TPSA) is 261 Å². The highest BCUT2D eigenvalue weighted by Gasteiger charge is 2.43. The molecule has 0 saturated carbocycles. The second kappa shape index (κ2) is 19.2. The number of aromatic carboxylic acids is 1. The van der Waals surface area contributed by atoms with Gasteiger partial charge in [0.05, 0.1) is 23.1 Å². The Morgan fingerprint density at radius 3 is 2.43 bits per heavy atom. The summed E-state index contributed by atoms with van der Waals surface area (Å²) in [7, 11) is -3.84. The lowest BCUT2D eigenvalue weighted by Crippen LogP contribution is -2.55. The van der Waals surface area contributed by atoms with Crippen LogP contribution in [0, 0.1) is 5.92 Å². The number of imide groups is 1. The van der Waals surface area contributed by atoms with Crippen LogP contribution in [0.2, 0.25) is 5.02 Å². The normalized spacial score (nSPS) is 19.4. The van der Waals surface area contributed by atoms with Crippen LogP contribution in [-0.4, -0.2) is 125 Å². The smallest absolute Gasteiger partial charge is 0.349 e. The van der Waals surface area contributed by atoms with Crippen molar-refractivity contribution >= 4 is 91.5 Å². The highest BCUT2D eigenvalue weighted by atomic mass is 35.5. The van der Waals surface area contributed by atoms with Crippen LogP contribution in [0.15, 0.2) is 66.7 Å². The summed E-state index contributed by atoms with van der Waals surface area (Å²) >= 11 is 7.38. The number of hydrogen-bond acceptors (Lipinski definition) is 13. The number of carbonyl (C=O) groups excluding carboxylic acids is 5. The molecule has 5 heterocycles. The number of ether oxygens (including phenoxy) is 1. The zero-order valence-electron chi connectivity index (χ0n) is 36.9. The zero-order valence-corrected chi connectivity index (χ0v) is 39.3. The second-order valence-corrected chi connectivity index (χ2v) is 21.0. The number of anilines is 3. The van der Waals surface area contributed by atoms with Gasteiger partial charge < -0.3 is 40.7 Å². The molecule has 3 fully saturated rings.